The maximum absolute atomic E-state index is 12.9. The molecule has 1 spiro atoms. The zero-order valence-electron chi connectivity index (χ0n) is 16.2. The molecule has 0 bridgehead atoms. The number of likely N-dealkylation sites (N-methyl/N-ethyl adjacent to an activating group) is 1. The first-order valence-electron chi connectivity index (χ1n) is 9.79. The number of anilines is 1. The third-order valence-corrected chi connectivity index (χ3v) is 5.49. The second-order valence-electron chi connectivity index (χ2n) is 7.33. The molecule has 0 aromatic carbocycles. The van der Waals surface area contributed by atoms with E-state index in [4.69, 9.17) is 9.47 Å². The van der Waals surface area contributed by atoms with Gasteiger partial charge in [-0.25, -0.2) is 4.98 Å². The van der Waals surface area contributed by atoms with Crippen LogP contribution in [-0.4, -0.2) is 66.5 Å². The molecule has 2 aromatic heterocycles. The first-order chi connectivity index (χ1) is 13.7. The summed E-state index contributed by atoms with van der Waals surface area (Å²) in [5.74, 6) is 0.378. The largest absolute Gasteiger partial charge is 0.359 e. The highest BCUT2D eigenvalue weighted by Gasteiger charge is 2.40. The molecule has 4 rings (SSSR count). The summed E-state index contributed by atoms with van der Waals surface area (Å²) in [6.45, 7) is 3.40. The lowest BCUT2D eigenvalue weighted by Gasteiger charge is -2.37. The molecule has 2 saturated heterocycles. The van der Waals surface area contributed by atoms with E-state index in [0.717, 1.165) is 31.6 Å². The lowest BCUT2D eigenvalue weighted by molar-refractivity contribution is -0.181. The van der Waals surface area contributed by atoms with Gasteiger partial charge in [0, 0.05) is 63.7 Å². The highest BCUT2D eigenvalue weighted by Crippen LogP contribution is 2.31. The van der Waals surface area contributed by atoms with Crippen LogP contribution in [0, 0.1) is 0 Å². The van der Waals surface area contributed by atoms with E-state index in [1.54, 1.807) is 24.7 Å². The average Bonchev–Trinajstić information content (AvgIpc) is 3.21. The summed E-state index contributed by atoms with van der Waals surface area (Å²) in [4.78, 5) is 25.4. The van der Waals surface area contributed by atoms with Gasteiger partial charge in [0.05, 0.1) is 13.2 Å². The summed E-state index contributed by atoms with van der Waals surface area (Å²) in [5, 5.41) is 0. The minimum absolute atomic E-state index is 0.0408. The summed E-state index contributed by atoms with van der Waals surface area (Å²) < 4.78 is 11.5. The van der Waals surface area contributed by atoms with Crippen molar-refractivity contribution in [1.29, 1.82) is 0 Å². The van der Waals surface area contributed by atoms with E-state index < -0.39 is 5.79 Å². The molecule has 1 amide bonds. The van der Waals surface area contributed by atoms with E-state index in [2.05, 4.69) is 14.9 Å². The number of piperidine rings is 1. The van der Waals surface area contributed by atoms with Crippen LogP contribution in [0.5, 0.6) is 0 Å². The van der Waals surface area contributed by atoms with Crippen LogP contribution >= 0.6 is 0 Å². The van der Waals surface area contributed by atoms with Crippen LogP contribution in [0.2, 0.25) is 0 Å². The highest BCUT2D eigenvalue weighted by molar-refractivity contribution is 5.95. The Kier molecular flexibility index (Phi) is 5.54. The fraction of sp³-hybridized carbons (Fsp3) is 0.476. The Morgan fingerprint density at radius 1 is 1.14 bits per heavy atom. The van der Waals surface area contributed by atoms with Crippen LogP contribution in [0.15, 0.2) is 42.9 Å². The number of hydrogen-bond donors (Lipinski definition) is 0. The number of carbonyl (C=O) groups is 1. The van der Waals surface area contributed by atoms with Gasteiger partial charge in [0.1, 0.15) is 5.82 Å². The second kappa shape index (κ2) is 8.24. The maximum Gasteiger partial charge on any atom is 0.254 e. The number of pyridine rings is 2. The zero-order chi connectivity index (χ0) is 19.4. The van der Waals surface area contributed by atoms with Crippen LogP contribution < -0.4 is 4.90 Å². The van der Waals surface area contributed by atoms with Crippen molar-refractivity contribution in [2.45, 2.75) is 25.0 Å². The smallest absolute Gasteiger partial charge is 0.254 e. The molecule has 4 heterocycles. The standard InChI is InChI=1S/C21H26N4O3/c1-24(11-5-17-2-8-22-9-3-17)19-16-18(4-10-23-19)20(26)25-12-6-21(7-13-25)27-14-15-28-21/h2-4,8-10,16H,5-7,11-15H2,1H3. The number of amides is 1. The van der Waals surface area contributed by atoms with Gasteiger partial charge < -0.3 is 19.3 Å². The highest BCUT2D eigenvalue weighted by atomic mass is 16.7. The van der Waals surface area contributed by atoms with Crippen molar-refractivity contribution in [1.82, 2.24) is 14.9 Å². The van der Waals surface area contributed by atoms with Crippen LogP contribution in [0.1, 0.15) is 28.8 Å². The SMILES string of the molecule is CN(CCc1ccncc1)c1cc(C(=O)N2CCC3(CC2)OCCO3)ccn1. The first kappa shape index (κ1) is 18.8. The van der Waals surface area contributed by atoms with E-state index in [9.17, 15) is 4.79 Å². The number of carbonyl (C=O) groups excluding carboxylic acids is 1. The lowest BCUT2D eigenvalue weighted by atomic mass is 10.0. The summed E-state index contributed by atoms with van der Waals surface area (Å²) in [7, 11) is 2.00. The Balaban J connectivity index is 1.37. The van der Waals surface area contributed by atoms with Crippen molar-refractivity contribution in [3.05, 3.63) is 54.0 Å². The van der Waals surface area contributed by atoms with E-state index >= 15 is 0 Å². The van der Waals surface area contributed by atoms with Gasteiger partial charge in [-0.05, 0) is 36.2 Å². The fourth-order valence-electron chi connectivity index (χ4n) is 3.74. The molecule has 7 heteroatoms. The molecule has 0 radical (unpaired) electrons. The van der Waals surface area contributed by atoms with Crippen molar-refractivity contribution < 1.29 is 14.3 Å². The first-order valence-corrected chi connectivity index (χ1v) is 9.79. The van der Waals surface area contributed by atoms with Crippen LogP contribution in [0.25, 0.3) is 0 Å². The molecule has 0 N–H and O–H groups in total. The molecule has 7 nitrogen and oxygen atoms in total. The molecule has 0 saturated carbocycles. The molecule has 2 aliphatic heterocycles. The number of hydrogen-bond acceptors (Lipinski definition) is 6. The van der Waals surface area contributed by atoms with E-state index in [-0.39, 0.29) is 5.91 Å². The average molecular weight is 382 g/mol. The molecule has 28 heavy (non-hydrogen) atoms. The van der Waals surface area contributed by atoms with Gasteiger partial charge in [-0.2, -0.15) is 0 Å². The summed E-state index contributed by atoms with van der Waals surface area (Å²) in [5.41, 5.74) is 1.90. The molecule has 0 aliphatic carbocycles. The lowest BCUT2D eigenvalue weighted by Crippen LogP contribution is -2.47. The summed E-state index contributed by atoms with van der Waals surface area (Å²) >= 11 is 0. The van der Waals surface area contributed by atoms with Gasteiger partial charge in [0.15, 0.2) is 5.79 Å². The fourth-order valence-corrected chi connectivity index (χ4v) is 3.74. The maximum atomic E-state index is 12.9. The molecule has 2 aromatic rings. The van der Waals surface area contributed by atoms with Crippen molar-refractivity contribution in [3.63, 3.8) is 0 Å². The number of nitrogens with zero attached hydrogens (tertiary/aromatic N) is 4. The number of ether oxygens (including phenoxy) is 2. The Morgan fingerprint density at radius 3 is 2.57 bits per heavy atom. The number of aromatic nitrogens is 2. The van der Waals surface area contributed by atoms with Gasteiger partial charge in [-0.1, -0.05) is 0 Å². The molecule has 0 unspecified atom stereocenters. The second-order valence-corrected chi connectivity index (χ2v) is 7.33. The van der Waals surface area contributed by atoms with Crippen molar-refractivity contribution in [3.8, 4) is 0 Å². The molecular formula is C21H26N4O3. The Bertz CT molecular complexity index is 798. The normalized spacial score (nSPS) is 18.4. The quantitative estimate of drug-likeness (QED) is 0.789. The number of rotatable bonds is 5. The van der Waals surface area contributed by atoms with Crippen molar-refractivity contribution in [2.24, 2.45) is 0 Å². The van der Waals surface area contributed by atoms with Gasteiger partial charge in [-0.15, -0.1) is 0 Å². The molecule has 0 atom stereocenters. The summed E-state index contributed by atoms with van der Waals surface area (Å²) in [6, 6.07) is 7.70. The van der Waals surface area contributed by atoms with Crippen LogP contribution in [0.4, 0.5) is 5.82 Å². The van der Waals surface area contributed by atoms with Crippen molar-refractivity contribution in [2.75, 3.05) is 44.8 Å². The van der Waals surface area contributed by atoms with Crippen LogP contribution in [0.3, 0.4) is 0 Å². The molecular weight excluding hydrogens is 356 g/mol. The molecule has 148 valence electrons. The number of likely N-dealkylation sites (tertiary alicyclic amines) is 1. The van der Waals surface area contributed by atoms with Crippen molar-refractivity contribution >= 4 is 11.7 Å². The molecule has 2 fully saturated rings. The Hall–Kier alpha value is -2.51. The Labute approximate surface area is 165 Å². The van der Waals surface area contributed by atoms with Gasteiger partial charge in [-0.3, -0.25) is 9.78 Å². The zero-order valence-corrected chi connectivity index (χ0v) is 16.2. The predicted molar refractivity (Wildman–Crippen MR) is 105 cm³/mol. The van der Waals surface area contributed by atoms with Gasteiger partial charge in [0.2, 0.25) is 0 Å². The van der Waals surface area contributed by atoms with Gasteiger partial charge in [0.25, 0.3) is 5.91 Å². The topological polar surface area (TPSA) is 67.8 Å². The summed E-state index contributed by atoms with van der Waals surface area (Å²) in [6.07, 6.45) is 7.66. The van der Waals surface area contributed by atoms with Gasteiger partial charge >= 0.3 is 0 Å². The van der Waals surface area contributed by atoms with E-state index in [0.29, 0.717) is 31.9 Å². The minimum Gasteiger partial charge on any atom is -0.359 e. The molecule has 2 aliphatic rings. The monoisotopic (exact) mass is 382 g/mol. The minimum atomic E-state index is -0.465. The van der Waals surface area contributed by atoms with E-state index in [1.165, 1.54) is 5.56 Å². The van der Waals surface area contributed by atoms with E-state index in [1.807, 2.05) is 30.1 Å². The third kappa shape index (κ3) is 4.15. The Morgan fingerprint density at radius 2 is 1.86 bits per heavy atom. The van der Waals surface area contributed by atoms with Crippen LogP contribution in [-0.2, 0) is 15.9 Å². The predicted octanol–water partition coefficient (Wildman–Crippen LogP) is 2.13. The third-order valence-electron chi connectivity index (χ3n) is 5.49.